The summed E-state index contributed by atoms with van der Waals surface area (Å²) in [6.07, 6.45) is -1.81. The number of aliphatic hydroxyl groups is 2. The zero-order valence-corrected chi connectivity index (χ0v) is 8.85. The molecule has 0 bridgehead atoms. The van der Waals surface area contributed by atoms with Crippen LogP contribution in [0.3, 0.4) is 0 Å². The highest BCUT2D eigenvalue weighted by atomic mass is 32.1. The van der Waals surface area contributed by atoms with Gasteiger partial charge in [-0.15, -0.1) is 0 Å². The molecule has 0 saturated heterocycles. The Morgan fingerprint density at radius 1 is 1.62 bits per heavy atom. The van der Waals surface area contributed by atoms with Crippen LogP contribution in [0, 0.1) is 6.92 Å². The third-order valence-corrected chi connectivity index (χ3v) is 3.10. The van der Waals surface area contributed by atoms with Gasteiger partial charge in [-0.25, -0.2) is 4.98 Å². The average molecular weight is 220 g/mol. The lowest BCUT2D eigenvalue weighted by Crippen LogP contribution is -2.19. The van der Waals surface area contributed by atoms with Gasteiger partial charge in [-0.1, -0.05) is 11.3 Å². The quantitative estimate of drug-likeness (QED) is 0.555. The van der Waals surface area contributed by atoms with Crippen molar-refractivity contribution in [3.05, 3.63) is 10.6 Å². The van der Waals surface area contributed by atoms with Gasteiger partial charge >= 0.3 is 0 Å². The van der Waals surface area contributed by atoms with Gasteiger partial charge in [-0.05, 0) is 6.92 Å². The first kappa shape index (κ1) is 10.8. The van der Waals surface area contributed by atoms with E-state index in [1.807, 2.05) is 0 Å². The third kappa shape index (κ3) is 2.34. The van der Waals surface area contributed by atoms with Crippen molar-refractivity contribution in [2.45, 2.75) is 19.1 Å². The molecule has 1 heterocycles. The van der Waals surface area contributed by atoms with Crippen molar-refractivity contribution >= 4 is 29.1 Å². The van der Waals surface area contributed by atoms with Crippen LogP contribution in [-0.2, 0) is 0 Å². The minimum Gasteiger partial charge on any atom is -0.389 e. The molecule has 0 aliphatic rings. The normalized spacial score (nSPS) is 15.7. The molecule has 2 unspecified atom stereocenters. The molecule has 0 saturated carbocycles. The second-order valence-corrected chi connectivity index (χ2v) is 4.12. The molecule has 4 N–H and O–H groups in total. The molecule has 0 amide bonds. The summed E-state index contributed by atoms with van der Waals surface area (Å²) in [6, 6.07) is 0. The number of anilines is 1. The first-order valence-corrected chi connectivity index (χ1v) is 5.21. The lowest BCUT2D eigenvalue weighted by molar-refractivity contribution is 0.0355. The highest BCUT2D eigenvalue weighted by molar-refractivity contribution is 7.80. The summed E-state index contributed by atoms with van der Waals surface area (Å²) in [7, 11) is 0. The van der Waals surface area contributed by atoms with Gasteiger partial charge in [0.05, 0.1) is 16.7 Å². The number of nitrogen functional groups attached to an aromatic ring is 1. The number of hydrogen-bond acceptors (Lipinski definition) is 6. The Bertz CT molecular complexity index is 290. The molecular formula is C7H12N2O2S2. The monoisotopic (exact) mass is 220 g/mol. The maximum atomic E-state index is 9.60. The Labute approximate surface area is 85.8 Å². The van der Waals surface area contributed by atoms with E-state index in [9.17, 15) is 10.2 Å². The number of hydrogen-bond donors (Lipinski definition) is 4. The number of nitrogens with two attached hydrogens (primary N) is 1. The topological polar surface area (TPSA) is 79.4 Å². The molecule has 6 heteroatoms. The summed E-state index contributed by atoms with van der Waals surface area (Å²) in [5.74, 6) is 0.207. The van der Waals surface area contributed by atoms with Crippen LogP contribution in [0.5, 0.6) is 0 Å². The van der Waals surface area contributed by atoms with E-state index in [-0.39, 0.29) is 5.75 Å². The third-order valence-electron chi connectivity index (χ3n) is 1.67. The largest absolute Gasteiger partial charge is 0.389 e. The van der Waals surface area contributed by atoms with E-state index < -0.39 is 12.2 Å². The molecule has 0 aromatic carbocycles. The predicted molar refractivity (Wildman–Crippen MR) is 56.1 cm³/mol. The second-order valence-electron chi connectivity index (χ2n) is 2.70. The van der Waals surface area contributed by atoms with Crippen LogP contribution in [0.25, 0.3) is 0 Å². The summed E-state index contributed by atoms with van der Waals surface area (Å²) in [5, 5.41) is 19.3. The fourth-order valence-electron chi connectivity index (χ4n) is 0.979. The van der Waals surface area contributed by atoms with Crippen LogP contribution in [0.1, 0.15) is 16.7 Å². The average Bonchev–Trinajstić information content (AvgIpc) is 2.42. The molecule has 74 valence electrons. The number of aliphatic hydroxyl groups excluding tert-OH is 2. The zero-order chi connectivity index (χ0) is 10.0. The summed E-state index contributed by atoms with van der Waals surface area (Å²) in [5.41, 5.74) is 6.12. The van der Waals surface area contributed by atoms with E-state index in [1.54, 1.807) is 6.92 Å². The molecule has 1 rings (SSSR count). The van der Waals surface area contributed by atoms with Crippen molar-refractivity contribution in [3.8, 4) is 0 Å². The van der Waals surface area contributed by atoms with E-state index in [1.165, 1.54) is 11.3 Å². The van der Waals surface area contributed by atoms with Crippen LogP contribution in [0.2, 0.25) is 0 Å². The van der Waals surface area contributed by atoms with Crippen molar-refractivity contribution in [2.24, 2.45) is 0 Å². The van der Waals surface area contributed by atoms with Crippen LogP contribution in [0.4, 0.5) is 5.13 Å². The van der Waals surface area contributed by atoms with Crippen molar-refractivity contribution in [1.29, 1.82) is 0 Å². The molecule has 1 aromatic rings. The van der Waals surface area contributed by atoms with Gasteiger partial charge < -0.3 is 15.9 Å². The zero-order valence-electron chi connectivity index (χ0n) is 7.14. The Morgan fingerprint density at radius 2 is 2.23 bits per heavy atom. The van der Waals surface area contributed by atoms with E-state index >= 15 is 0 Å². The van der Waals surface area contributed by atoms with Gasteiger partial charge in [0.25, 0.3) is 0 Å². The Hall–Kier alpha value is -0.300. The Kier molecular flexibility index (Phi) is 3.55. The van der Waals surface area contributed by atoms with E-state index in [4.69, 9.17) is 5.73 Å². The molecule has 0 aliphatic heterocycles. The van der Waals surface area contributed by atoms with Gasteiger partial charge in [-0.2, -0.15) is 12.6 Å². The van der Waals surface area contributed by atoms with Crippen LogP contribution in [-0.4, -0.2) is 27.1 Å². The molecule has 0 fully saturated rings. The van der Waals surface area contributed by atoms with Crippen molar-refractivity contribution in [3.63, 3.8) is 0 Å². The summed E-state index contributed by atoms with van der Waals surface area (Å²) >= 11 is 5.08. The van der Waals surface area contributed by atoms with Gasteiger partial charge in [0.1, 0.15) is 6.10 Å². The highest BCUT2D eigenvalue weighted by Gasteiger charge is 2.21. The van der Waals surface area contributed by atoms with Gasteiger partial charge in [0.15, 0.2) is 5.13 Å². The summed E-state index contributed by atoms with van der Waals surface area (Å²) in [6.45, 7) is 1.75. The maximum absolute atomic E-state index is 9.60. The fraction of sp³-hybridized carbons (Fsp3) is 0.571. The molecule has 0 aliphatic carbocycles. The number of thiol groups is 1. The minimum atomic E-state index is -0.938. The number of nitrogens with zero attached hydrogens (tertiary/aromatic N) is 1. The Morgan fingerprint density at radius 3 is 2.62 bits per heavy atom. The van der Waals surface area contributed by atoms with Crippen molar-refractivity contribution in [2.75, 3.05) is 11.5 Å². The van der Waals surface area contributed by atoms with E-state index in [0.29, 0.717) is 15.7 Å². The summed E-state index contributed by atoms with van der Waals surface area (Å²) < 4.78 is 0. The molecule has 2 atom stereocenters. The molecule has 13 heavy (non-hydrogen) atoms. The van der Waals surface area contributed by atoms with E-state index in [0.717, 1.165) is 0 Å². The second kappa shape index (κ2) is 4.28. The first-order valence-electron chi connectivity index (χ1n) is 3.76. The minimum absolute atomic E-state index is 0.207. The van der Waals surface area contributed by atoms with Crippen LogP contribution < -0.4 is 5.73 Å². The number of aromatic nitrogens is 1. The van der Waals surface area contributed by atoms with Crippen LogP contribution in [0.15, 0.2) is 0 Å². The molecule has 1 aromatic heterocycles. The SMILES string of the molecule is Cc1nc(N)sc1C(O)C(O)CS. The predicted octanol–water partition coefficient (Wildman–Crippen LogP) is 0.358. The lowest BCUT2D eigenvalue weighted by Gasteiger charge is -2.14. The number of aryl methyl sites for hydroxylation is 1. The molecule has 0 spiro atoms. The number of thiazole rings is 1. The van der Waals surface area contributed by atoms with Crippen molar-refractivity contribution < 1.29 is 10.2 Å². The first-order chi connectivity index (χ1) is 6.06. The van der Waals surface area contributed by atoms with Crippen molar-refractivity contribution in [1.82, 2.24) is 4.98 Å². The summed E-state index contributed by atoms with van der Waals surface area (Å²) in [4.78, 5) is 4.56. The van der Waals surface area contributed by atoms with Gasteiger partial charge in [-0.3, -0.25) is 0 Å². The molecular weight excluding hydrogens is 208 g/mol. The van der Waals surface area contributed by atoms with Gasteiger partial charge in [0.2, 0.25) is 0 Å². The number of rotatable bonds is 3. The Balaban J connectivity index is 2.87. The van der Waals surface area contributed by atoms with E-state index in [2.05, 4.69) is 17.6 Å². The molecule has 0 radical (unpaired) electrons. The van der Waals surface area contributed by atoms with Crippen LogP contribution >= 0.6 is 24.0 Å². The fourth-order valence-corrected chi connectivity index (χ4v) is 2.06. The standard InChI is InChI=1S/C7H12N2O2S2/c1-3-6(13-7(8)9-3)5(11)4(10)2-12/h4-5,10-12H,2H2,1H3,(H2,8,9). The molecule has 4 nitrogen and oxygen atoms in total. The van der Waals surface area contributed by atoms with Gasteiger partial charge in [0, 0.05) is 5.75 Å². The lowest BCUT2D eigenvalue weighted by atomic mass is 10.2. The smallest absolute Gasteiger partial charge is 0.180 e. The maximum Gasteiger partial charge on any atom is 0.180 e. The highest BCUT2D eigenvalue weighted by Crippen LogP contribution is 2.28.